The zero-order valence-corrected chi connectivity index (χ0v) is 19.4. The molecule has 1 atom stereocenters. The number of para-hydroxylation sites is 1. The van der Waals surface area contributed by atoms with Gasteiger partial charge in [-0.25, -0.2) is 0 Å². The van der Waals surface area contributed by atoms with E-state index in [1.807, 2.05) is 84.9 Å². The van der Waals surface area contributed by atoms with E-state index in [0.29, 0.717) is 17.0 Å². The number of hydrogen-bond acceptors (Lipinski definition) is 4. The quantitative estimate of drug-likeness (QED) is 0.293. The van der Waals surface area contributed by atoms with Gasteiger partial charge in [-0.05, 0) is 60.2 Å². The fourth-order valence-electron chi connectivity index (χ4n) is 3.36. The fraction of sp³-hybridized carbons (Fsp3) is 0.0714. The van der Waals surface area contributed by atoms with Crippen LogP contribution in [0, 0.1) is 0 Å². The summed E-state index contributed by atoms with van der Waals surface area (Å²) in [4.78, 5) is 26.7. The van der Waals surface area contributed by atoms with Gasteiger partial charge in [0, 0.05) is 21.8 Å². The first-order chi connectivity index (χ1) is 16.6. The molecule has 4 aromatic rings. The Balaban J connectivity index is 1.51. The lowest BCUT2D eigenvalue weighted by molar-refractivity contribution is -0.115. The summed E-state index contributed by atoms with van der Waals surface area (Å²) in [5.74, 6) is 0.358. The first kappa shape index (κ1) is 23.1. The Morgan fingerprint density at radius 1 is 0.735 bits per heavy atom. The summed E-state index contributed by atoms with van der Waals surface area (Å²) in [6.07, 6.45) is 0. The van der Waals surface area contributed by atoms with Gasteiger partial charge in [-0.1, -0.05) is 54.6 Å². The minimum absolute atomic E-state index is 0.116. The molecule has 0 bridgehead atoms. The van der Waals surface area contributed by atoms with Crippen molar-refractivity contribution in [2.24, 2.45) is 0 Å². The minimum Gasteiger partial charge on any atom is -0.497 e. The molecule has 6 heteroatoms. The van der Waals surface area contributed by atoms with Crippen molar-refractivity contribution in [2.45, 2.75) is 10.1 Å². The number of amides is 2. The topological polar surface area (TPSA) is 67.4 Å². The lowest BCUT2D eigenvalue weighted by atomic mass is 10.1. The van der Waals surface area contributed by atoms with Gasteiger partial charge in [-0.15, -0.1) is 11.8 Å². The minimum atomic E-state index is -0.464. The van der Waals surface area contributed by atoms with Crippen LogP contribution >= 0.6 is 11.8 Å². The van der Waals surface area contributed by atoms with Crippen molar-refractivity contribution in [3.05, 3.63) is 120 Å². The third kappa shape index (κ3) is 6.05. The predicted octanol–water partition coefficient (Wildman–Crippen LogP) is 6.42. The van der Waals surface area contributed by atoms with Gasteiger partial charge in [0.05, 0.1) is 7.11 Å². The molecule has 0 fully saturated rings. The molecule has 34 heavy (non-hydrogen) atoms. The highest BCUT2D eigenvalue weighted by Crippen LogP contribution is 2.37. The molecule has 2 N–H and O–H groups in total. The standard InChI is InChI=1S/C28H24N2O3S/c1-33-24-17-15-21(16-18-24)27(31)30-23-13-8-14-25(19-23)34-26(20-9-4-2-5-10-20)28(32)29-22-11-6-3-7-12-22/h2-19,26H,1H3,(H,29,32)(H,30,31). The number of nitrogens with one attached hydrogen (secondary N) is 2. The maximum Gasteiger partial charge on any atom is 0.255 e. The third-order valence-corrected chi connectivity index (χ3v) is 6.33. The molecular weight excluding hydrogens is 444 g/mol. The smallest absolute Gasteiger partial charge is 0.255 e. The first-order valence-corrected chi connectivity index (χ1v) is 11.6. The molecule has 4 aromatic carbocycles. The molecule has 0 aromatic heterocycles. The molecule has 0 aliphatic heterocycles. The van der Waals surface area contributed by atoms with Crippen molar-refractivity contribution in [1.82, 2.24) is 0 Å². The summed E-state index contributed by atoms with van der Waals surface area (Å²) in [5.41, 5.74) is 2.83. The second-order valence-electron chi connectivity index (χ2n) is 7.47. The van der Waals surface area contributed by atoms with Crippen molar-refractivity contribution in [1.29, 1.82) is 0 Å². The lowest BCUT2D eigenvalue weighted by Crippen LogP contribution is -2.19. The van der Waals surface area contributed by atoms with Gasteiger partial charge in [-0.3, -0.25) is 9.59 Å². The zero-order valence-electron chi connectivity index (χ0n) is 18.6. The number of hydrogen-bond donors (Lipinski definition) is 2. The lowest BCUT2D eigenvalue weighted by Gasteiger charge is -2.18. The number of anilines is 2. The Hall–Kier alpha value is -4.03. The van der Waals surface area contributed by atoms with Gasteiger partial charge in [0.1, 0.15) is 11.0 Å². The van der Waals surface area contributed by atoms with Crippen molar-refractivity contribution < 1.29 is 14.3 Å². The number of rotatable bonds is 8. The molecular formula is C28H24N2O3S. The molecule has 0 heterocycles. The summed E-state index contributed by atoms with van der Waals surface area (Å²) >= 11 is 1.43. The van der Waals surface area contributed by atoms with E-state index in [-0.39, 0.29) is 11.8 Å². The predicted molar refractivity (Wildman–Crippen MR) is 138 cm³/mol. The fourth-order valence-corrected chi connectivity index (χ4v) is 4.44. The average molecular weight is 469 g/mol. The van der Waals surface area contributed by atoms with Gasteiger partial charge in [0.2, 0.25) is 5.91 Å². The maximum absolute atomic E-state index is 13.2. The van der Waals surface area contributed by atoms with Crippen LogP contribution in [0.1, 0.15) is 21.2 Å². The Morgan fingerprint density at radius 3 is 2.06 bits per heavy atom. The molecule has 1 unspecified atom stereocenters. The van der Waals surface area contributed by atoms with Crippen molar-refractivity contribution in [3.8, 4) is 5.75 Å². The number of methoxy groups -OCH3 is 1. The van der Waals surface area contributed by atoms with Gasteiger partial charge >= 0.3 is 0 Å². The van der Waals surface area contributed by atoms with Crippen molar-refractivity contribution in [3.63, 3.8) is 0 Å². The van der Waals surface area contributed by atoms with E-state index >= 15 is 0 Å². The van der Waals surface area contributed by atoms with Crippen LogP contribution in [0.5, 0.6) is 5.75 Å². The van der Waals surface area contributed by atoms with Crippen LogP contribution in [-0.2, 0) is 4.79 Å². The van der Waals surface area contributed by atoms with E-state index in [1.165, 1.54) is 11.8 Å². The van der Waals surface area contributed by atoms with Crippen LogP contribution in [0.3, 0.4) is 0 Å². The van der Waals surface area contributed by atoms with Crippen LogP contribution in [0.15, 0.2) is 114 Å². The molecule has 4 rings (SSSR count). The molecule has 0 saturated carbocycles. The summed E-state index contributed by atoms with van der Waals surface area (Å²) in [5, 5.41) is 5.46. The molecule has 170 valence electrons. The van der Waals surface area contributed by atoms with Crippen LogP contribution in [-0.4, -0.2) is 18.9 Å². The second kappa shape index (κ2) is 11.2. The van der Waals surface area contributed by atoms with E-state index in [9.17, 15) is 9.59 Å². The molecule has 0 spiro atoms. The van der Waals surface area contributed by atoms with Crippen LogP contribution in [0.4, 0.5) is 11.4 Å². The summed E-state index contributed by atoms with van der Waals surface area (Å²) in [6, 6.07) is 33.5. The van der Waals surface area contributed by atoms with E-state index in [0.717, 1.165) is 16.1 Å². The van der Waals surface area contributed by atoms with E-state index in [4.69, 9.17) is 4.74 Å². The normalized spacial score (nSPS) is 11.3. The molecule has 0 aliphatic rings. The first-order valence-electron chi connectivity index (χ1n) is 10.8. The largest absolute Gasteiger partial charge is 0.497 e. The van der Waals surface area contributed by atoms with E-state index in [2.05, 4.69) is 10.6 Å². The summed E-state index contributed by atoms with van der Waals surface area (Å²) in [7, 11) is 1.58. The van der Waals surface area contributed by atoms with Gasteiger partial charge in [0.25, 0.3) is 5.91 Å². The molecule has 2 amide bonds. The van der Waals surface area contributed by atoms with E-state index in [1.54, 1.807) is 31.4 Å². The van der Waals surface area contributed by atoms with Crippen LogP contribution < -0.4 is 15.4 Å². The molecule has 5 nitrogen and oxygen atoms in total. The Kier molecular flexibility index (Phi) is 7.63. The maximum atomic E-state index is 13.2. The highest BCUT2D eigenvalue weighted by molar-refractivity contribution is 8.00. The number of thioether (sulfide) groups is 1. The Morgan fingerprint density at radius 2 is 1.38 bits per heavy atom. The number of carbonyl (C=O) groups excluding carboxylic acids is 2. The van der Waals surface area contributed by atoms with Gasteiger partial charge in [0.15, 0.2) is 0 Å². The summed E-state index contributed by atoms with van der Waals surface area (Å²) in [6.45, 7) is 0. The third-order valence-electron chi connectivity index (χ3n) is 5.08. The van der Waals surface area contributed by atoms with Crippen molar-refractivity contribution >= 4 is 35.0 Å². The number of carbonyl (C=O) groups is 2. The Bertz CT molecular complexity index is 1250. The van der Waals surface area contributed by atoms with E-state index < -0.39 is 5.25 Å². The SMILES string of the molecule is COc1ccc(C(=O)Nc2cccc(SC(C(=O)Nc3ccccc3)c3ccccc3)c2)cc1. The highest BCUT2D eigenvalue weighted by Gasteiger charge is 2.22. The molecule has 0 aliphatic carbocycles. The zero-order chi connectivity index (χ0) is 23.8. The van der Waals surface area contributed by atoms with Crippen LogP contribution in [0.25, 0.3) is 0 Å². The monoisotopic (exact) mass is 468 g/mol. The second-order valence-corrected chi connectivity index (χ2v) is 8.65. The number of benzene rings is 4. The van der Waals surface area contributed by atoms with Crippen LogP contribution in [0.2, 0.25) is 0 Å². The highest BCUT2D eigenvalue weighted by atomic mass is 32.2. The number of ether oxygens (including phenoxy) is 1. The van der Waals surface area contributed by atoms with Gasteiger partial charge < -0.3 is 15.4 Å². The van der Waals surface area contributed by atoms with Crippen molar-refractivity contribution in [2.75, 3.05) is 17.7 Å². The summed E-state index contributed by atoms with van der Waals surface area (Å²) < 4.78 is 5.15. The molecule has 0 radical (unpaired) electrons. The Labute approximate surface area is 203 Å². The van der Waals surface area contributed by atoms with Gasteiger partial charge in [-0.2, -0.15) is 0 Å². The molecule has 0 saturated heterocycles. The average Bonchev–Trinajstić information content (AvgIpc) is 2.88.